The van der Waals surface area contributed by atoms with E-state index in [9.17, 15) is 4.79 Å². The third-order valence-corrected chi connectivity index (χ3v) is 4.24. The molecule has 1 fully saturated rings. The highest BCUT2D eigenvalue weighted by molar-refractivity contribution is 5.98. The van der Waals surface area contributed by atoms with Gasteiger partial charge in [0.1, 0.15) is 5.69 Å². The van der Waals surface area contributed by atoms with Gasteiger partial charge < -0.3 is 10.6 Å². The molecule has 1 aliphatic rings. The van der Waals surface area contributed by atoms with Crippen LogP contribution in [0.1, 0.15) is 42.9 Å². The number of hydrogen-bond acceptors (Lipinski definition) is 3. The third kappa shape index (κ3) is 2.60. The van der Waals surface area contributed by atoms with Crippen LogP contribution >= 0.6 is 0 Å². The average molecular weight is 264 g/mol. The smallest absolute Gasteiger partial charge is 0.274 e. The van der Waals surface area contributed by atoms with E-state index in [2.05, 4.69) is 18.9 Å². The second-order valence-electron chi connectivity index (χ2n) is 5.84. The summed E-state index contributed by atoms with van der Waals surface area (Å²) in [6.07, 6.45) is 2.17. The number of nitrogen functional groups attached to an aromatic ring is 1. The van der Waals surface area contributed by atoms with E-state index in [1.54, 1.807) is 11.7 Å². The minimum atomic E-state index is 0.0165. The van der Waals surface area contributed by atoms with E-state index in [4.69, 9.17) is 5.73 Å². The summed E-state index contributed by atoms with van der Waals surface area (Å²) in [4.78, 5) is 14.4. The molecule has 0 saturated carbocycles. The number of anilines is 1. The summed E-state index contributed by atoms with van der Waals surface area (Å²) >= 11 is 0. The number of carbonyl (C=O) groups excluding carboxylic acids is 1. The van der Waals surface area contributed by atoms with Crippen molar-refractivity contribution in [3.63, 3.8) is 0 Å². The van der Waals surface area contributed by atoms with Gasteiger partial charge in [0.25, 0.3) is 5.91 Å². The maximum atomic E-state index is 12.5. The fourth-order valence-corrected chi connectivity index (χ4v) is 2.85. The van der Waals surface area contributed by atoms with E-state index in [1.165, 1.54) is 0 Å². The van der Waals surface area contributed by atoms with Crippen LogP contribution in [0.3, 0.4) is 0 Å². The molecule has 1 aliphatic heterocycles. The van der Waals surface area contributed by atoms with Crippen molar-refractivity contribution in [1.82, 2.24) is 14.7 Å². The van der Waals surface area contributed by atoms with Gasteiger partial charge >= 0.3 is 0 Å². The molecule has 2 rings (SSSR count). The van der Waals surface area contributed by atoms with E-state index in [0.29, 0.717) is 17.3 Å². The van der Waals surface area contributed by atoms with E-state index in [1.807, 2.05) is 11.8 Å². The number of nitrogens with zero attached hydrogens (tertiary/aromatic N) is 3. The molecular formula is C14H24N4O. The summed E-state index contributed by atoms with van der Waals surface area (Å²) < 4.78 is 1.60. The molecule has 106 valence electrons. The summed E-state index contributed by atoms with van der Waals surface area (Å²) in [7, 11) is 1.78. The number of nitrogens with two attached hydrogens (primary N) is 1. The summed E-state index contributed by atoms with van der Waals surface area (Å²) in [5.74, 6) is 1.44. The normalized spacial score (nSPS) is 17.2. The molecule has 1 aromatic rings. The lowest BCUT2D eigenvalue weighted by Gasteiger charge is -2.33. The van der Waals surface area contributed by atoms with Crippen molar-refractivity contribution in [2.75, 3.05) is 18.8 Å². The molecule has 0 aromatic carbocycles. The van der Waals surface area contributed by atoms with Gasteiger partial charge in [-0.15, -0.1) is 0 Å². The highest BCUT2D eigenvalue weighted by Crippen LogP contribution is 2.26. The maximum Gasteiger partial charge on any atom is 0.274 e. The molecule has 2 heterocycles. The molecule has 0 radical (unpaired) electrons. The van der Waals surface area contributed by atoms with E-state index in [-0.39, 0.29) is 5.91 Å². The number of piperidine rings is 1. The maximum absolute atomic E-state index is 12.5. The van der Waals surface area contributed by atoms with E-state index >= 15 is 0 Å². The summed E-state index contributed by atoms with van der Waals surface area (Å²) in [5.41, 5.74) is 7.72. The first-order chi connectivity index (χ1) is 8.91. The van der Waals surface area contributed by atoms with Gasteiger partial charge in [-0.1, -0.05) is 13.8 Å². The van der Waals surface area contributed by atoms with Crippen LogP contribution in [0.25, 0.3) is 0 Å². The molecule has 0 spiro atoms. The van der Waals surface area contributed by atoms with Crippen LogP contribution in [0.5, 0.6) is 0 Å². The second kappa shape index (κ2) is 5.23. The van der Waals surface area contributed by atoms with Crippen molar-refractivity contribution in [3.05, 3.63) is 11.4 Å². The standard InChI is InChI=1S/C14H24N4O/c1-9(2)11-5-7-18(8-6-11)14(19)13-12(15)10(3)16-17(13)4/h9,11H,5-8,15H2,1-4H3. The molecule has 1 amide bonds. The first kappa shape index (κ1) is 13.9. The predicted octanol–water partition coefficient (Wildman–Crippen LogP) is 1.82. The Labute approximate surface area is 114 Å². The van der Waals surface area contributed by atoms with E-state index < -0.39 is 0 Å². The molecule has 0 unspecified atom stereocenters. The Morgan fingerprint density at radius 3 is 2.37 bits per heavy atom. The quantitative estimate of drug-likeness (QED) is 0.886. The zero-order valence-corrected chi connectivity index (χ0v) is 12.3. The monoisotopic (exact) mass is 264 g/mol. The van der Waals surface area contributed by atoms with Crippen molar-refractivity contribution in [1.29, 1.82) is 0 Å². The molecule has 1 aromatic heterocycles. The largest absolute Gasteiger partial charge is 0.395 e. The Kier molecular flexibility index (Phi) is 3.83. The number of hydrogen-bond donors (Lipinski definition) is 1. The van der Waals surface area contributed by atoms with Crippen molar-refractivity contribution < 1.29 is 4.79 Å². The van der Waals surface area contributed by atoms with Crippen LogP contribution in [0, 0.1) is 18.8 Å². The van der Waals surface area contributed by atoms with Gasteiger partial charge in [0.05, 0.1) is 11.4 Å². The highest BCUT2D eigenvalue weighted by atomic mass is 16.2. The fraction of sp³-hybridized carbons (Fsp3) is 0.714. The first-order valence-electron chi connectivity index (χ1n) is 7.00. The number of amides is 1. The molecule has 19 heavy (non-hydrogen) atoms. The topological polar surface area (TPSA) is 64.2 Å². The van der Waals surface area contributed by atoms with Crippen LogP contribution in [0.4, 0.5) is 5.69 Å². The van der Waals surface area contributed by atoms with Crippen LogP contribution in [-0.4, -0.2) is 33.7 Å². The molecule has 5 nitrogen and oxygen atoms in total. The number of aromatic nitrogens is 2. The average Bonchev–Trinajstić information content (AvgIpc) is 2.62. The SMILES string of the molecule is Cc1nn(C)c(C(=O)N2CCC(C(C)C)CC2)c1N. The second-order valence-corrected chi connectivity index (χ2v) is 5.84. The molecule has 0 atom stereocenters. The van der Waals surface area contributed by atoms with Crippen molar-refractivity contribution >= 4 is 11.6 Å². The molecule has 0 aliphatic carbocycles. The molecule has 1 saturated heterocycles. The van der Waals surface area contributed by atoms with Crippen LogP contribution in [0.2, 0.25) is 0 Å². The molecular weight excluding hydrogens is 240 g/mol. The van der Waals surface area contributed by atoms with Gasteiger partial charge in [0.2, 0.25) is 0 Å². The minimum absolute atomic E-state index is 0.0165. The van der Waals surface area contributed by atoms with Crippen LogP contribution < -0.4 is 5.73 Å². The van der Waals surface area contributed by atoms with Crippen molar-refractivity contribution in [2.24, 2.45) is 18.9 Å². The number of likely N-dealkylation sites (tertiary alicyclic amines) is 1. The zero-order valence-electron chi connectivity index (χ0n) is 12.3. The van der Waals surface area contributed by atoms with Crippen LogP contribution in [0.15, 0.2) is 0 Å². The molecule has 2 N–H and O–H groups in total. The van der Waals surface area contributed by atoms with E-state index in [0.717, 1.165) is 37.5 Å². The predicted molar refractivity (Wildman–Crippen MR) is 75.8 cm³/mol. The van der Waals surface area contributed by atoms with Crippen molar-refractivity contribution in [3.8, 4) is 0 Å². The Balaban J connectivity index is 2.10. The lowest BCUT2D eigenvalue weighted by atomic mass is 9.86. The van der Waals surface area contributed by atoms with Gasteiger partial charge in [-0.05, 0) is 31.6 Å². The van der Waals surface area contributed by atoms with Gasteiger partial charge in [-0.2, -0.15) is 5.10 Å². The lowest BCUT2D eigenvalue weighted by Crippen LogP contribution is -2.40. The van der Waals surface area contributed by atoms with Crippen molar-refractivity contribution in [2.45, 2.75) is 33.6 Å². The fourth-order valence-electron chi connectivity index (χ4n) is 2.85. The van der Waals surface area contributed by atoms with Gasteiger partial charge in [0.15, 0.2) is 0 Å². The number of aryl methyl sites for hydroxylation is 2. The Hall–Kier alpha value is -1.52. The summed E-state index contributed by atoms with van der Waals surface area (Å²) in [6.45, 7) is 7.99. The molecule has 0 bridgehead atoms. The molecule has 5 heteroatoms. The van der Waals surface area contributed by atoms with Gasteiger partial charge in [-0.25, -0.2) is 0 Å². The number of carbonyl (C=O) groups is 1. The minimum Gasteiger partial charge on any atom is -0.395 e. The summed E-state index contributed by atoms with van der Waals surface area (Å²) in [5, 5.41) is 4.21. The van der Waals surface area contributed by atoms with Crippen LogP contribution in [-0.2, 0) is 7.05 Å². The summed E-state index contributed by atoms with van der Waals surface area (Å²) in [6, 6.07) is 0. The van der Waals surface area contributed by atoms with Gasteiger partial charge in [0, 0.05) is 20.1 Å². The zero-order chi connectivity index (χ0) is 14.2. The highest BCUT2D eigenvalue weighted by Gasteiger charge is 2.28. The van der Waals surface area contributed by atoms with Gasteiger partial charge in [-0.3, -0.25) is 9.48 Å². The lowest BCUT2D eigenvalue weighted by molar-refractivity contribution is 0.0658. The Bertz CT molecular complexity index is 470. The first-order valence-corrected chi connectivity index (χ1v) is 7.00. The number of rotatable bonds is 2. The Morgan fingerprint density at radius 2 is 1.95 bits per heavy atom. The third-order valence-electron chi connectivity index (χ3n) is 4.24. The Morgan fingerprint density at radius 1 is 1.37 bits per heavy atom.